The van der Waals surface area contributed by atoms with Crippen LogP contribution in [0.2, 0.25) is 0 Å². The van der Waals surface area contributed by atoms with Gasteiger partial charge >= 0.3 is 0 Å². The molecule has 1 aromatic carbocycles. The summed E-state index contributed by atoms with van der Waals surface area (Å²) in [5, 5.41) is 0. The number of rotatable bonds is 1. The lowest BCUT2D eigenvalue weighted by molar-refractivity contribution is -0.135. The van der Waals surface area contributed by atoms with Gasteiger partial charge in [0.15, 0.2) is 11.6 Å². The number of aryl methyl sites for hydroxylation is 3. The second-order valence-corrected chi connectivity index (χ2v) is 6.26. The summed E-state index contributed by atoms with van der Waals surface area (Å²) < 4.78 is 0. The fraction of sp³-hybridized carbons (Fsp3) is 0.529. The molecule has 0 heterocycles. The number of hydrogen-bond donors (Lipinski definition) is 0. The Hall–Kier alpha value is -1.44. The van der Waals surface area contributed by atoms with E-state index < -0.39 is 5.92 Å². The van der Waals surface area contributed by atoms with Crippen molar-refractivity contribution in [3.05, 3.63) is 34.4 Å². The molecule has 0 aliphatic heterocycles. The van der Waals surface area contributed by atoms with Gasteiger partial charge < -0.3 is 0 Å². The lowest BCUT2D eigenvalue weighted by Gasteiger charge is -2.28. The van der Waals surface area contributed by atoms with Crippen molar-refractivity contribution in [2.24, 2.45) is 11.8 Å². The van der Waals surface area contributed by atoms with Crippen molar-refractivity contribution >= 4 is 11.6 Å². The maximum atomic E-state index is 12.6. The predicted octanol–water partition coefficient (Wildman–Crippen LogP) is 3.26. The lowest BCUT2D eigenvalue weighted by Crippen LogP contribution is -2.35. The number of carbonyl (C=O) groups excluding carboxylic acids is 2. The Morgan fingerprint density at radius 1 is 0.895 bits per heavy atom. The van der Waals surface area contributed by atoms with Gasteiger partial charge in [-0.2, -0.15) is 0 Å². The Morgan fingerprint density at radius 3 is 1.84 bits per heavy atom. The molecule has 0 aromatic heterocycles. The molecule has 0 spiro atoms. The van der Waals surface area contributed by atoms with Crippen molar-refractivity contribution in [3.8, 4) is 0 Å². The van der Waals surface area contributed by atoms with E-state index in [1.54, 1.807) is 0 Å². The van der Waals surface area contributed by atoms with Crippen molar-refractivity contribution in [3.63, 3.8) is 0 Å². The fourth-order valence-electron chi connectivity index (χ4n) is 4.04. The molecule has 0 radical (unpaired) electrons. The summed E-state index contributed by atoms with van der Waals surface area (Å²) in [6.45, 7) is 6.09. The highest BCUT2D eigenvalue weighted by atomic mass is 16.2. The highest BCUT2D eigenvalue weighted by molar-refractivity contribution is 6.12. The molecule has 19 heavy (non-hydrogen) atoms. The first-order valence-electron chi connectivity index (χ1n) is 7.14. The Balaban J connectivity index is 2.11. The van der Waals surface area contributed by atoms with Crippen LogP contribution in [-0.2, 0) is 9.59 Å². The molecule has 2 saturated carbocycles. The first kappa shape index (κ1) is 12.6. The third-order valence-corrected chi connectivity index (χ3v) is 4.83. The zero-order valence-corrected chi connectivity index (χ0v) is 11.8. The zero-order chi connectivity index (χ0) is 13.7. The molecule has 2 heteroatoms. The molecule has 0 amide bonds. The molecule has 2 unspecified atom stereocenters. The molecule has 2 bridgehead atoms. The number of benzene rings is 1. The van der Waals surface area contributed by atoms with Crippen molar-refractivity contribution in [1.82, 2.24) is 0 Å². The molecular weight excluding hydrogens is 236 g/mol. The minimum atomic E-state index is -0.480. The van der Waals surface area contributed by atoms with Gasteiger partial charge in [0.05, 0.1) is 0 Å². The molecule has 2 fully saturated rings. The van der Waals surface area contributed by atoms with E-state index in [0.717, 1.165) is 36.0 Å². The van der Waals surface area contributed by atoms with Gasteiger partial charge in [-0.25, -0.2) is 0 Å². The minimum Gasteiger partial charge on any atom is -0.298 e. The topological polar surface area (TPSA) is 34.1 Å². The first-order chi connectivity index (χ1) is 8.99. The third kappa shape index (κ3) is 1.85. The summed E-state index contributed by atoms with van der Waals surface area (Å²) in [7, 11) is 0. The molecule has 2 nitrogen and oxygen atoms in total. The highest BCUT2D eigenvalue weighted by Crippen LogP contribution is 2.45. The van der Waals surface area contributed by atoms with Crippen molar-refractivity contribution in [1.29, 1.82) is 0 Å². The van der Waals surface area contributed by atoms with Crippen LogP contribution in [0.25, 0.3) is 0 Å². The van der Waals surface area contributed by atoms with E-state index in [1.165, 1.54) is 5.56 Å². The third-order valence-electron chi connectivity index (χ3n) is 4.83. The van der Waals surface area contributed by atoms with Crippen LogP contribution < -0.4 is 0 Å². The normalized spacial score (nSPS) is 29.9. The van der Waals surface area contributed by atoms with E-state index in [-0.39, 0.29) is 23.4 Å². The zero-order valence-electron chi connectivity index (χ0n) is 11.8. The molecule has 2 aliphatic rings. The van der Waals surface area contributed by atoms with Gasteiger partial charge in [0.1, 0.15) is 5.92 Å². The number of fused-ring (bicyclic) bond motifs is 2. The maximum Gasteiger partial charge on any atom is 0.150 e. The van der Waals surface area contributed by atoms with Gasteiger partial charge in [0.2, 0.25) is 0 Å². The van der Waals surface area contributed by atoms with Gasteiger partial charge in [-0.1, -0.05) is 17.7 Å². The van der Waals surface area contributed by atoms with Crippen LogP contribution in [0, 0.1) is 32.6 Å². The molecule has 2 aliphatic carbocycles. The number of hydrogen-bond acceptors (Lipinski definition) is 2. The lowest BCUT2D eigenvalue weighted by atomic mass is 9.73. The average molecular weight is 256 g/mol. The van der Waals surface area contributed by atoms with Crippen LogP contribution in [0.5, 0.6) is 0 Å². The number of carbonyl (C=O) groups is 2. The average Bonchev–Trinajstić information content (AvgIpc) is 2.76. The van der Waals surface area contributed by atoms with E-state index in [4.69, 9.17) is 0 Å². The predicted molar refractivity (Wildman–Crippen MR) is 74.2 cm³/mol. The highest BCUT2D eigenvalue weighted by Gasteiger charge is 2.48. The Labute approximate surface area is 114 Å². The van der Waals surface area contributed by atoms with Crippen LogP contribution in [0.15, 0.2) is 12.1 Å². The standard InChI is InChI=1S/C17H20O2/c1-9-6-10(2)14(11(3)7-9)15-16(18)12-4-5-13(8-12)17(15)19/h6-7,12-13,15H,4-5,8H2,1-3H3. The Bertz CT molecular complexity index is 526. The molecular formula is C17H20O2. The maximum absolute atomic E-state index is 12.6. The van der Waals surface area contributed by atoms with Crippen LogP contribution in [-0.4, -0.2) is 11.6 Å². The van der Waals surface area contributed by atoms with E-state index in [9.17, 15) is 9.59 Å². The summed E-state index contributed by atoms with van der Waals surface area (Å²) in [6.07, 6.45) is 2.63. The molecule has 0 N–H and O–H groups in total. The van der Waals surface area contributed by atoms with E-state index >= 15 is 0 Å². The van der Waals surface area contributed by atoms with Gasteiger partial charge in [0, 0.05) is 11.8 Å². The molecule has 2 atom stereocenters. The van der Waals surface area contributed by atoms with Crippen LogP contribution in [0.3, 0.4) is 0 Å². The quantitative estimate of drug-likeness (QED) is 0.723. The van der Waals surface area contributed by atoms with Gasteiger partial charge in [0.25, 0.3) is 0 Å². The van der Waals surface area contributed by atoms with Gasteiger partial charge in [-0.05, 0) is 56.7 Å². The van der Waals surface area contributed by atoms with Gasteiger partial charge in [-0.15, -0.1) is 0 Å². The SMILES string of the molecule is Cc1cc(C)c(C2C(=O)C3CCC(C3)C2=O)c(C)c1. The van der Waals surface area contributed by atoms with Crippen LogP contribution in [0.1, 0.15) is 47.4 Å². The smallest absolute Gasteiger partial charge is 0.150 e. The molecule has 3 rings (SSSR count). The van der Waals surface area contributed by atoms with E-state index in [2.05, 4.69) is 19.1 Å². The summed E-state index contributed by atoms with van der Waals surface area (Å²) in [6, 6.07) is 4.17. The number of Topliss-reactive ketones (excluding diaryl/α,β-unsaturated/α-hetero) is 2. The second-order valence-electron chi connectivity index (χ2n) is 6.26. The largest absolute Gasteiger partial charge is 0.298 e. The number of ketones is 2. The van der Waals surface area contributed by atoms with E-state index in [1.807, 2.05) is 13.8 Å². The summed E-state index contributed by atoms with van der Waals surface area (Å²) in [5.41, 5.74) is 4.35. The first-order valence-corrected chi connectivity index (χ1v) is 7.14. The summed E-state index contributed by atoms with van der Waals surface area (Å²) in [4.78, 5) is 25.1. The van der Waals surface area contributed by atoms with Crippen LogP contribution in [0.4, 0.5) is 0 Å². The van der Waals surface area contributed by atoms with Crippen molar-refractivity contribution < 1.29 is 9.59 Å². The van der Waals surface area contributed by atoms with E-state index in [0.29, 0.717) is 0 Å². The molecule has 0 saturated heterocycles. The molecule has 100 valence electrons. The monoisotopic (exact) mass is 256 g/mol. The Kier molecular flexibility index (Phi) is 2.84. The van der Waals surface area contributed by atoms with Crippen molar-refractivity contribution in [2.45, 2.75) is 46.0 Å². The fourth-order valence-corrected chi connectivity index (χ4v) is 4.04. The van der Waals surface area contributed by atoms with Crippen LogP contribution >= 0.6 is 0 Å². The summed E-state index contributed by atoms with van der Waals surface area (Å²) >= 11 is 0. The summed E-state index contributed by atoms with van der Waals surface area (Å²) in [5.74, 6) is 0.134. The minimum absolute atomic E-state index is 0.132. The van der Waals surface area contributed by atoms with Crippen molar-refractivity contribution in [2.75, 3.05) is 0 Å². The molecule has 1 aromatic rings. The Morgan fingerprint density at radius 2 is 1.37 bits per heavy atom. The second kappa shape index (κ2) is 4.29. The van der Waals surface area contributed by atoms with Gasteiger partial charge in [-0.3, -0.25) is 9.59 Å².